The Morgan fingerprint density at radius 3 is 2.00 bits per heavy atom. The largest absolute Gasteiger partial charge is 0.306 e. The molecule has 0 spiro atoms. The quantitative estimate of drug-likeness (QED) is 0.293. The van der Waals surface area contributed by atoms with Crippen molar-refractivity contribution in [2.45, 2.75) is 82.8 Å². The molecule has 0 bridgehead atoms. The van der Waals surface area contributed by atoms with Crippen LogP contribution in [-0.2, 0) is 6.42 Å². The maximum Gasteiger partial charge on any atom is 0.306 e. The second-order valence-corrected chi connectivity index (χ2v) is 12.9. The molecule has 0 atom stereocenters. The van der Waals surface area contributed by atoms with Gasteiger partial charge in [-0.25, -0.2) is 13.2 Å². The van der Waals surface area contributed by atoms with E-state index in [-0.39, 0.29) is 0 Å². The third-order valence-corrected chi connectivity index (χ3v) is 11.2. The number of hydrogen-bond donors (Lipinski definition) is 0. The summed E-state index contributed by atoms with van der Waals surface area (Å²) in [6.07, 6.45) is 7.64. The Hall–Kier alpha value is -1.17. The zero-order chi connectivity index (χ0) is 21.7. The Balaban J connectivity index is 1.47. The molecule has 1 aliphatic carbocycles. The minimum absolute atomic E-state index is 0.405. The van der Waals surface area contributed by atoms with E-state index in [0.717, 1.165) is 43.2 Å². The average Bonchev–Trinajstić information content (AvgIpc) is 2.73. The van der Waals surface area contributed by atoms with Crippen LogP contribution in [0.2, 0.25) is 18.1 Å². The highest BCUT2D eigenvalue weighted by molar-refractivity contribution is 6.58. The minimum Gasteiger partial charge on any atom is -0.206 e. The van der Waals surface area contributed by atoms with Crippen LogP contribution in [0.1, 0.15) is 69.4 Å². The summed E-state index contributed by atoms with van der Waals surface area (Å²) in [4.78, 5) is 0. The first-order valence-electron chi connectivity index (χ1n) is 11.6. The van der Waals surface area contributed by atoms with Crippen LogP contribution in [0.3, 0.4) is 0 Å². The molecule has 0 aromatic heterocycles. The summed E-state index contributed by atoms with van der Waals surface area (Å²) in [5.74, 6) is -2.36. The van der Waals surface area contributed by atoms with Crippen molar-refractivity contribution in [3.63, 3.8) is 0 Å². The second-order valence-electron chi connectivity index (χ2n) is 9.40. The third-order valence-electron chi connectivity index (χ3n) is 7.47. The standard InChI is InChI=1S/C24H33F5Si/c1-2-11-30-12-9-19(10-13-30)18-7-5-16(6-8-18)3-4-17-14-20(25)22(21(26)15-17)23(27)24(28)29/h14-16,18-19,30H,2-13H2,1H3/t16-,18-,19?,30?. The van der Waals surface area contributed by atoms with Crippen molar-refractivity contribution in [2.24, 2.45) is 17.8 Å². The van der Waals surface area contributed by atoms with Gasteiger partial charge in [-0.15, -0.1) is 0 Å². The first kappa shape index (κ1) is 23.5. The first-order valence-corrected chi connectivity index (χ1v) is 14.0. The molecule has 2 aliphatic rings. The molecule has 2 fully saturated rings. The van der Waals surface area contributed by atoms with E-state index in [0.29, 0.717) is 17.9 Å². The van der Waals surface area contributed by atoms with Gasteiger partial charge in [0.05, 0.1) is 5.56 Å². The number of halogens is 5. The van der Waals surface area contributed by atoms with Crippen LogP contribution in [-0.4, -0.2) is 8.80 Å². The van der Waals surface area contributed by atoms with E-state index in [9.17, 15) is 22.0 Å². The molecule has 0 unspecified atom stereocenters. The highest BCUT2D eigenvalue weighted by Crippen LogP contribution is 2.42. The summed E-state index contributed by atoms with van der Waals surface area (Å²) in [5, 5.41) is 0. The fourth-order valence-electron chi connectivity index (χ4n) is 5.75. The molecule has 0 nitrogen and oxygen atoms in total. The van der Waals surface area contributed by atoms with Gasteiger partial charge in [-0.1, -0.05) is 57.2 Å². The molecule has 1 saturated heterocycles. The van der Waals surface area contributed by atoms with Crippen LogP contribution in [0.5, 0.6) is 0 Å². The predicted octanol–water partition coefficient (Wildman–Crippen LogP) is 8.29. The zero-order valence-electron chi connectivity index (χ0n) is 17.8. The topological polar surface area (TPSA) is 0 Å². The summed E-state index contributed by atoms with van der Waals surface area (Å²) in [6, 6.07) is 6.53. The van der Waals surface area contributed by atoms with Crippen LogP contribution in [0.15, 0.2) is 18.2 Å². The zero-order valence-corrected chi connectivity index (χ0v) is 19.0. The Morgan fingerprint density at radius 1 is 0.900 bits per heavy atom. The van der Waals surface area contributed by atoms with Crippen molar-refractivity contribution < 1.29 is 22.0 Å². The highest BCUT2D eigenvalue weighted by Gasteiger charge is 2.31. The molecule has 0 N–H and O–H groups in total. The van der Waals surface area contributed by atoms with E-state index in [4.69, 9.17) is 0 Å². The SMILES string of the molecule is CCC[SiH]1CCC([C@H]2CC[C@H](CCc3cc(F)c(C(F)=C(F)F)c(F)c3)CC2)CC1. The molecule has 1 aromatic rings. The highest BCUT2D eigenvalue weighted by atomic mass is 28.3. The van der Waals surface area contributed by atoms with Crippen molar-refractivity contribution >= 4 is 14.6 Å². The Morgan fingerprint density at radius 2 is 1.47 bits per heavy atom. The fourth-order valence-corrected chi connectivity index (χ4v) is 9.23. The van der Waals surface area contributed by atoms with Gasteiger partial charge in [0, 0.05) is 8.80 Å². The monoisotopic (exact) mass is 444 g/mol. The lowest BCUT2D eigenvalue weighted by atomic mass is 9.73. The van der Waals surface area contributed by atoms with Gasteiger partial charge in [0.15, 0.2) is 0 Å². The first-order chi connectivity index (χ1) is 14.4. The van der Waals surface area contributed by atoms with Crippen molar-refractivity contribution in [3.05, 3.63) is 41.0 Å². The molecule has 0 radical (unpaired) electrons. The molecular weight excluding hydrogens is 411 g/mol. The summed E-state index contributed by atoms with van der Waals surface area (Å²) < 4.78 is 66.0. The molecule has 30 heavy (non-hydrogen) atoms. The van der Waals surface area contributed by atoms with Crippen molar-refractivity contribution in [1.29, 1.82) is 0 Å². The number of rotatable bonds is 7. The van der Waals surface area contributed by atoms with Crippen LogP contribution >= 0.6 is 0 Å². The van der Waals surface area contributed by atoms with Crippen molar-refractivity contribution in [1.82, 2.24) is 0 Å². The third kappa shape index (κ3) is 5.95. The Labute approximate surface area is 178 Å². The summed E-state index contributed by atoms with van der Waals surface area (Å²) in [6.45, 7) is 2.30. The maximum absolute atomic E-state index is 14.0. The van der Waals surface area contributed by atoms with Crippen LogP contribution in [0.4, 0.5) is 22.0 Å². The van der Waals surface area contributed by atoms with E-state index >= 15 is 0 Å². The number of aryl methyl sites for hydroxylation is 1. The van der Waals surface area contributed by atoms with Gasteiger partial charge in [-0.2, -0.15) is 8.78 Å². The second kappa shape index (κ2) is 10.9. The lowest BCUT2D eigenvalue weighted by molar-refractivity contribution is 0.186. The van der Waals surface area contributed by atoms with Gasteiger partial charge in [-0.3, -0.25) is 0 Å². The number of hydrogen-bond acceptors (Lipinski definition) is 0. The maximum atomic E-state index is 14.0. The van der Waals surface area contributed by atoms with Gasteiger partial charge in [0.2, 0.25) is 5.83 Å². The average molecular weight is 445 g/mol. The molecule has 6 heteroatoms. The Kier molecular flexibility index (Phi) is 8.55. The van der Waals surface area contributed by atoms with E-state index < -0.39 is 37.9 Å². The van der Waals surface area contributed by atoms with E-state index in [1.165, 1.54) is 50.2 Å². The van der Waals surface area contributed by atoms with E-state index in [1.54, 1.807) is 0 Å². The molecule has 1 saturated carbocycles. The van der Waals surface area contributed by atoms with E-state index in [2.05, 4.69) is 6.92 Å². The van der Waals surface area contributed by atoms with Crippen LogP contribution in [0, 0.1) is 29.4 Å². The van der Waals surface area contributed by atoms with Gasteiger partial charge in [0.1, 0.15) is 11.6 Å². The molecule has 1 aromatic carbocycles. The lowest BCUT2D eigenvalue weighted by Gasteiger charge is -2.37. The van der Waals surface area contributed by atoms with Gasteiger partial charge < -0.3 is 0 Å². The van der Waals surface area contributed by atoms with Crippen LogP contribution < -0.4 is 0 Å². The van der Waals surface area contributed by atoms with Crippen LogP contribution in [0.25, 0.3) is 5.83 Å². The van der Waals surface area contributed by atoms with Gasteiger partial charge in [0.25, 0.3) is 0 Å². The fraction of sp³-hybridized carbons (Fsp3) is 0.667. The predicted molar refractivity (Wildman–Crippen MR) is 115 cm³/mol. The normalized spacial score (nSPS) is 27.1. The molecule has 168 valence electrons. The van der Waals surface area contributed by atoms with E-state index in [1.807, 2.05) is 0 Å². The van der Waals surface area contributed by atoms with Gasteiger partial charge in [-0.05, 0) is 61.1 Å². The van der Waals surface area contributed by atoms with Crippen molar-refractivity contribution in [3.8, 4) is 0 Å². The molecular formula is C24H33F5Si. The molecule has 1 aliphatic heterocycles. The lowest BCUT2D eigenvalue weighted by Crippen LogP contribution is -2.28. The Bertz CT molecular complexity index is 704. The smallest absolute Gasteiger partial charge is 0.206 e. The minimum atomic E-state index is -2.71. The summed E-state index contributed by atoms with van der Waals surface area (Å²) >= 11 is 0. The summed E-state index contributed by atoms with van der Waals surface area (Å²) in [5.41, 5.74) is -0.863. The molecule has 3 rings (SSSR count). The summed E-state index contributed by atoms with van der Waals surface area (Å²) in [7, 11) is -0.431. The molecule has 0 amide bonds. The molecule has 1 heterocycles. The van der Waals surface area contributed by atoms with Crippen molar-refractivity contribution in [2.75, 3.05) is 0 Å². The van der Waals surface area contributed by atoms with Gasteiger partial charge >= 0.3 is 6.08 Å². The number of benzene rings is 1.